The third-order valence-corrected chi connectivity index (χ3v) is 3.44. The lowest BCUT2D eigenvalue weighted by Gasteiger charge is -2.20. The topological polar surface area (TPSA) is 28.2 Å². The average Bonchev–Trinajstić information content (AvgIpc) is 2.45. The SMILES string of the molecule is CNC(C)c1ccnc(N(C)c2cccc(C)c2)c1. The Hall–Kier alpha value is -1.87. The van der Waals surface area contributed by atoms with E-state index in [1.54, 1.807) is 0 Å². The quantitative estimate of drug-likeness (QED) is 0.907. The molecule has 1 aromatic heterocycles. The molecule has 1 N–H and O–H groups in total. The second-order valence-corrected chi connectivity index (χ2v) is 4.86. The van der Waals surface area contributed by atoms with Crippen LogP contribution in [0.2, 0.25) is 0 Å². The zero-order chi connectivity index (χ0) is 13.8. The monoisotopic (exact) mass is 255 g/mol. The van der Waals surface area contributed by atoms with Crippen molar-refractivity contribution in [3.63, 3.8) is 0 Å². The lowest BCUT2D eigenvalue weighted by atomic mass is 10.1. The minimum atomic E-state index is 0.327. The van der Waals surface area contributed by atoms with Gasteiger partial charge in [0, 0.05) is 25.0 Å². The lowest BCUT2D eigenvalue weighted by Crippen LogP contribution is -2.15. The molecule has 1 atom stereocenters. The molecule has 19 heavy (non-hydrogen) atoms. The van der Waals surface area contributed by atoms with Gasteiger partial charge in [0.15, 0.2) is 0 Å². The van der Waals surface area contributed by atoms with Gasteiger partial charge in [-0.3, -0.25) is 0 Å². The molecule has 0 aliphatic rings. The van der Waals surface area contributed by atoms with E-state index in [4.69, 9.17) is 0 Å². The minimum Gasteiger partial charge on any atom is -0.329 e. The summed E-state index contributed by atoms with van der Waals surface area (Å²) in [5.41, 5.74) is 3.65. The first-order chi connectivity index (χ1) is 9.11. The molecule has 2 aromatic rings. The first-order valence-corrected chi connectivity index (χ1v) is 6.55. The van der Waals surface area contributed by atoms with Crippen LogP contribution in [0.5, 0.6) is 0 Å². The number of rotatable bonds is 4. The predicted molar refractivity (Wildman–Crippen MR) is 81.0 cm³/mol. The standard InChI is InChI=1S/C16H21N3/c1-12-6-5-7-15(10-12)19(4)16-11-14(8-9-18-16)13(2)17-3/h5-11,13,17H,1-4H3. The van der Waals surface area contributed by atoms with E-state index in [0.29, 0.717) is 6.04 Å². The second-order valence-electron chi connectivity index (χ2n) is 4.86. The van der Waals surface area contributed by atoms with Crippen molar-refractivity contribution < 1.29 is 0 Å². The van der Waals surface area contributed by atoms with Crippen LogP contribution in [0.15, 0.2) is 42.6 Å². The highest BCUT2D eigenvalue weighted by molar-refractivity contribution is 5.60. The number of pyridine rings is 1. The van der Waals surface area contributed by atoms with Gasteiger partial charge in [-0.15, -0.1) is 0 Å². The van der Waals surface area contributed by atoms with Crippen molar-refractivity contribution >= 4 is 11.5 Å². The highest BCUT2D eigenvalue weighted by Gasteiger charge is 2.08. The molecule has 0 aliphatic carbocycles. The van der Waals surface area contributed by atoms with Crippen molar-refractivity contribution in [2.75, 3.05) is 19.0 Å². The van der Waals surface area contributed by atoms with E-state index >= 15 is 0 Å². The summed E-state index contributed by atoms with van der Waals surface area (Å²) in [6.07, 6.45) is 1.87. The second kappa shape index (κ2) is 5.85. The maximum absolute atomic E-state index is 4.46. The molecular formula is C16H21N3. The molecule has 1 unspecified atom stereocenters. The molecule has 0 spiro atoms. The molecule has 3 heteroatoms. The summed E-state index contributed by atoms with van der Waals surface area (Å²) in [6, 6.07) is 12.9. The van der Waals surface area contributed by atoms with Crippen molar-refractivity contribution in [3.05, 3.63) is 53.7 Å². The molecule has 1 aromatic carbocycles. The summed E-state index contributed by atoms with van der Waals surface area (Å²) in [6.45, 7) is 4.25. The number of aromatic nitrogens is 1. The first kappa shape index (κ1) is 13.6. The lowest BCUT2D eigenvalue weighted by molar-refractivity contribution is 0.651. The Morgan fingerprint density at radius 3 is 2.68 bits per heavy atom. The molecular weight excluding hydrogens is 234 g/mol. The summed E-state index contributed by atoms with van der Waals surface area (Å²) in [5.74, 6) is 0.963. The van der Waals surface area contributed by atoms with E-state index in [1.165, 1.54) is 11.1 Å². The van der Waals surface area contributed by atoms with Crippen LogP contribution < -0.4 is 10.2 Å². The molecule has 0 amide bonds. The van der Waals surface area contributed by atoms with Gasteiger partial charge in [0.1, 0.15) is 5.82 Å². The van der Waals surface area contributed by atoms with Gasteiger partial charge in [-0.25, -0.2) is 4.98 Å². The zero-order valence-electron chi connectivity index (χ0n) is 12.0. The Bertz CT molecular complexity index is 551. The van der Waals surface area contributed by atoms with Crippen molar-refractivity contribution in [3.8, 4) is 0 Å². The van der Waals surface area contributed by atoms with E-state index in [0.717, 1.165) is 11.5 Å². The Kier molecular flexibility index (Phi) is 4.17. The molecule has 0 saturated carbocycles. The predicted octanol–water partition coefficient (Wildman–Crippen LogP) is 3.44. The summed E-state index contributed by atoms with van der Waals surface area (Å²) in [5, 5.41) is 3.25. The van der Waals surface area contributed by atoms with Crippen LogP contribution >= 0.6 is 0 Å². The Labute approximate surface area is 115 Å². The molecule has 0 saturated heterocycles. The van der Waals surface area contributed by atoms with E-state index in [1.807, 2.05) is 20.3 Å². The molecule has 2 rings (SSSR count). The van der Waals surface area contributed by atoms with Crippen LogP contribution in [0, 0.1) is 6.92 Å². The van der Waals surface area contributed by atoms with E-state index < -0.39 is 0 Å². The molecule has 0 bridgehead atoms. The molecule has 0 aliphatic heterocycles. The number of aryl methyl sites for hydroxylation is 1. The van der Waals surface area contributed by atoms with Gasteiger partial charge in [0.25, 0.3) is 0 Å². The Morgan fingerprint density at radius 1 is 1.21 bits per heavy atom. The molecule has 0 fully saturated rings. The third-order valence-electron chi connectivity index (χ3n) is 3.44. The fourth-order valence-corrected chi connectivity index (χ4v) is 2.02. The number of hydrogen-bond donors (Lipinski definition) is 1. The highest BCUT2D eigenvalue weighted by atomic mass is 15.2. The zero-order valence-corrected chi connectivity index (χ0v) is 12.0. The summed E-state index contributed by atoms with van der Waals surface area (Å²) >= 11 is 0. The number of anilines is 2. The average molecular weight is 255 g/mol. The number of benzene rings is 1. The van der Waals surface area contributed by atoms with Crippen LogP contribution in [0.4, 0.5) is 11.5 Å². The van der Waals surface area contributed by atoms with Gasteiger partial charge >= 0.3 is 0 Å². The van der Waals surface area contributed by atoms with Gasteiger partial charge in [-0.2, -0.15) is 0 Å². The van der Waals surface area contributed by atoms with E-state index in [9.17, 15) is 0 Å². The van der Waals surface area contributed by atoms with Gasteiger partial charge in [-0.05, 0) is 56.3 Å². The van der Waals surface area contributed by atoms with Gasteiger partial charge in [-0.1, -0.05) is 12.1 Å². The highest BCUT2D eigenvalue weighted by Crippen LogP contribution is 2.24. The van der Waals surface area contributed by atoms with Crippen LogP contribution in [0.1, 0.15) is 24.1 Å². The van der Waals surface area contributed by atoms with Crippen LogP contribution in [0.25, 0.3) is 0 Å². The van der Waals surface area contributed by atoms with E-state index in [-0.39, 0.29) is 0 Å². The molecule has 1 heterocycles. The first-order valence-electron chi connectivity index (χ1n) is 6.55. The van der Waals surface area contributed by atoms with E-state index in [2.05, 4.69) is 65.4 Å². The Morgan fingerprint density at radius 2 is 2.00 bits per heavy atom. The third kappa shape index (κ3) is 3.12. The summed E-state index contributed by atoms with van der Waals surface area (Å²) < 4.78 is 0. The Balaban J connectivity index is 2.31. The van der Waals surface area contributed by atoms with Crippen LogP contribution in [0.3, 0.4) is 0 Å². The molecule has 3 nitrogen and oxygen atoms in total. The summed E-state index contributed by atoms with van der Waals surface area (Å²) in [4.78, 5) is 6.57. The van der Waals surface area contributed by atoms with Gasteiger partial charge < -0.3 is 10.2 Å². The minimum absolute atomic E-state index is 0.327. The van der Waals surface area contributed by atoms with Crippen molar-refractivity contribution in [1.82, 2.24) is 10.3 Å². The van der Waals surface area contributed by atoms with Crippen molar-refractivity contribution in [1.29, 1.82) is 0 Å². The largest absolute Gasteiger partial charge is 0.329 e. The molecule has 100 valence electrons. The summed E-state index contributed by atoms with van der Waals surface area (Å²) in [7, 11) is 4.01. The van der Waals surface area contributed by atoms with Crippen molar-refractivity contribution in [2.45, 2.75) is 19.9 Å². The number of nitrogens with zero attached hydrogens (tertiary/aromatic N) is 2. The van der Waals surface area contributed by atoms with Crippen LogP contribution in [-0.2, 0) is 0 Å². The maximum atomic E-state index is 4.46. The fraction of sp³-hybridized carbons (Fsp3) is 0.312. The number of nitrogens with one attached hydrogen (secondary N) is 1. The maximum Gasteiger partial charge on any atom is 0.132 e. The normalized spacial score (nSPS) is 12.2. The fourth-order valence-electron chi connectivity index (χ4n) is 2.02. The van der Waals surface area contributed by atoms with Crippen LogP contribution in [-0.4, -0.2) is 19.1 Å². The van der Waals surface area contributed by atoms with Crippen molar-refractivity contribution in [2.24, 2.45) is 0 Å². The smallest absolute Gasteiger partial charge is 0.132 e. The van der Waals surface area contributed by atoms with Gasteiger partial charge in [0.2, 0.25) is 0 Å². The molecule has 0 radical (unpaired) electrons. The number of hydrogen-bond acceptors (Lipinski definition) is 3. The van der Waals surface area contributed by atoms with Gasteiger partial charge in [0.05, 0.1) is 0 Å².